The summed E-state index contributed by atoms with van der Waals surface area (Å²) in [6, 6.07) is 0. The van der Waals surface area contributed by atoms with Gasteiger partial charge in [-0.15, -0.1) is 0 Å². The fraction of sp³-hybridized carbons (Fsp3) is 0. The van der Waals surface area contributed by atoms with Crippen LogP contribution in [-0.2, 0) is 24.0 Å². The summed E-state index contributed by atoms with van der Waals surface area (Å²) < 4.78 is 8.55. The molecule has 0 saturated heterocycles. The first-order valence-corrected chi connectivity index (χ1v) is 2.19. The maximum atomic E-state index is 8.55. The van der Waals surface area contributed by atoms with Crippen molar-refractivity contribution in [2.45, 2.75) is 0 Å². The molecule has 0 aliphatic rings. The molecule has 50 valence electrons. The Bertz CT molecular complexity index is 60.2. The van der Waals surface area contributed by atoms with Gasteiger partial charge < -0.3 is 31.5 Å². The van der Waals surface area contributed by atoms with E-state index in [2.05, 4.69) is 0 Å². The minimum absolute atomic E-state index is 0. The van der Waals surface area contributed by atoms with Crippen molar-refractivity contribution >= 4 is 7.82 Å². The smallest absolute Gasteiger partial charge is 0 e. The SMILES string of the molecule is O=P([O-])([O-])[O-].[NH4+].[NH4+].[Zn]. The quantitative estimate of drug-likeness (QED) is 0.336. The Morgan fingerprint density at radius 3 is 1.00 bits per heavy atom. The molecule has 8 heteroatoms. The van der Waals surface area contributed by atoms with E-state index >= 15 is 0 Å². The first-order valence-electron chi connectivity index (χ1n) is 0.730. The molecule has 0 fully saturated rings. The molecule has 0 aromatic carbocycles. The molecule has 0 atom stereocenters. The molecule has 0 saturated carbocycles. The Balaban J connectivity index is -0.0000000267. The fourth-order valence-electron chi connectivity index (χ4n) is 0. The third-order valence-corrected chi connectivity index (χ3v) is 0. The second kappa shape index (κ2) is 7.65. The maximum absolute atomic E-state index is 8.55. The number of hydrogen-bond donors (Lipinski definition) is 2. The largest absolute Gasteiger partial charge is 0.822 e. The van der Waals surface area contributed by atoms with Crippen LogP contribution in [-0.4, -0.2) is 0 Å². The summed E-state index contributed by atoms with van der Waals surface area (Å²) in [5.74, 6) is 0. The average molecular weight is 196 g/mol. The molecule has 0 aromatic rings. The summed E-state index contributed by atoms with van der Waals surface area (Å²) in [5.41, 5.74) is 0. The molecular weight excluding hydrogens is 188 g/mol. The molecule has 8 heavy (non-hydrogen) atoms. The molecule has 0 aliphatic carbocycles. The average Bonchev–Trinajstić information content (AvgIpc) is 0.722. The van der Waals surface area contributed by atoms with Gasteiger partial charge in [0, 0.05) is 19.5 Å². The molecule has 0 unspecified atom stereocenters. The second-order valence-corrected chi connectivity index (χ2v) is 1.34. The van der Waals surface area contributed by atoms with Crippen molar-refractivity contribution in [3.8, 4) is 0 Å². The van der Waals surface area contributed by atoms with Crippen molar-refractivity contribution in [1.29, 1.82) is 0 Å². The van der Waals surface area contributed by atoms with Crippen LogP contribution in [0.3, 0.4) is 0 Å². The molecule has 0 spiro atoms. The molecular formula is H8N2O4PZn-. The van der Waals surface area contributed by atoms with E-state index in [4.69, 9.17) is 19.2 Å². The third kappa shape index (κ3) is 498. The predicted molar refractivity (Wildman–Crippen MR) is 19.6 cm³/mol. The van der Waals surface area contributed by atoms with Crippen LogP contribution in [0, 0.1) is 0 Å². The van der Waals surface area contributed by atoms with Crippen LogP contribution >= 0.6 is 7.82 Å². The second-order valence-electron chi connectivity index (χ2n) is 0.447. The van der Waals surface area contributed by atoms with E-state index < -0.39 is 7.82 Å². The van der Waals surface area contributed by atoms with Crippen molar-refractivity contribution in [2.24, 2.45) is 0 Å². The Hall–Kier alpha value is 0.653. The Labute approximate surface area is 59.5 Å². The van der Waals surface area contributed by atoms with E-state index in [1.165, 1.54) is 0 Å². The Kier molecular flexibility index (Phi) is 22.4. The molecule has 0 rings (SSSR count). The van der Waals surface area contributed by atoms with Gasteiger partial charge in [0.25, 0.3) is 0 Å². The minimum Gasteiger partial charge on any atom is -0.822 e. The summed E-state index contributed by atoms with van der Waals surface area (Å²) in [6.45, 7) is 0. The normalized spacial score (nSPS) is 7.38. The topological polar surface area (TPSA) is 159 Å². The summed E-state index contributed by atoms with van der Waals surface area (Å²) in [5, 5.41) is 0. The molecule has 0 heterocycles. The summed E-state index contributed by atoms with van der Waals surface area (Å²) in [7, 11) is -5.39. The van der Waals surface area contributed by atoms with Gasteiger partial charge in [0.2, 0.25) is 0 Å². The van der Waals surface area contributed by atoms with Crippen LogP contribution in [0.2, 0.25) is 0 Å². The molecule has 0 aliphatic heterocycles. The standard InChI is InChI=1S/2H3N.H3O4P.Zn/c;;1-5(2,3)4;/h2*1H3;(H3,1,2,3,4);/p-1. The van der Waals surface area contributed by atoms with E-state index in [1.54, 1.807) is 0 Å². The fourth-order valence-corrected chi connectivity index (χ4v) is 0. The van der Waals surface area contributed by atoms with Gasteiger partial charge in [-0.25, -0.2) is 0 Å². The first kappa shape index (κ1) is 23.4. The predicted octanol–water partition coefficient (Wildman–Crippen LogP) is -2.07. The zero-order valence-electron chi connectivity index (χ0n) is 4.79. The van der Waals surface area contributed by atoms with E-state index in [-0.39, 0.29) is 31.8 Å². The monoisotopic (exact) mass is 195 g/mol. The molecule has 8 N–H and O–H groups in total. The minimum atomic E-state index is -5.39. The Morgan fingerprint density at radius 2 is 1.00 bits per heavy atom. The van der Waals surface area contributed by atoms with Gasteiger partial charge >= 0.3 is 0 Å². The number of rotatable bonds is 0. The molecule has 6 nitrogen and oxygen atoms in total. The van der Waals surface area contributed by atoms with Gasteiger partial charge in [-0.05, 0) is 0 Å². The van der Waals surface area contributed by atoms with E-state index in [1.807, 2.05) is 0 Å². The van der Waals surface area contributed by atoms with Crippen LogP contribution < -0.4 is 27.0 Å². The van der Waals surface area contributed by atoms with Crippen LogP contribution in [0.25, 0.3) is 0 Å². The molecule has 0 radical (unpaired) electrons. The van der Waals surface area contributed by atoms with Crippen molar-refractivity contribution in [3.63, 3.8) is 0 Å². The number of quaternary nitrogens is 2. The zero-order valence-corrected chi connectivity index (χ0v) is 8.65. The van der Waals surface area contributed by atoms with E-state index in [9.17, 15) is 0 Å². The van der Waals surface area contributed by atoms with Crippen LogP contribution in [0.15, 0.2) is 0 Å². The van der Waals surface area contributed by atoms with Gasteiger partial charge in [-0.1, -0.05) is 0 Å². The van der Waals surface area contributed by atoms with Gasteiger partial charge in [-0.2, -0.15) is 7.82 Å². The van der Waals surface area contributed by atoms with Gasteiger partial charge in [0.1, 0.15) is 0 Å². The van der Waals surface area contributed by atoms with Crippen molar-refractivity contribution in [1.82, 2.24) is 12.3 Å². The summed E-state index contributed by atoms with van der Waals surface area (Å²) >= 11 is 0. The van der Waals surface area contributed by atoms with E-state index in [0.717, 1.165) is 0 Å². The van der Waals surface area contributed by atoms with Gasteiger partial charge in [0.15, 0.2) is 0 Å². The van der Waals surface area contributed by atoms with Crippen molar-refractivity contribution in [2.75, 3.05) is 0 Å². The van der Waals surface area contributed by atoms with Crippen molar-refractivity contribution in [3.05, 3.63) is 0 Å². The molecule has 0 aromatic heterocycles. The van der Waals surface area contributed by atoms with Gasteiger partial charge in [-0.3, -0.25) is 0 Å². The first-order chi connectivity index (χ1) is 2.00. The number of hydrogen-bond acceptors (Lipinski definition) is 4. The molecule has 0 bridgehead atoms. The zero-order chi connectivity index (χ0) is 4.50. The summed E-state index contributed by atoms with van der Waals surface area (Å²) in [4.78, 5) is 25.6. The third-order valence-electron chi connectivity index (χ3n) is 0. The summed E-state index contributed by atoms with van der Waals surface area (Å²) in [6.07, 6.45) is 0. The van der Waals surface area contributed by atoms with E-state index in [0.29, 0.717) is 0 Å². The Morgan fingerprint density at radius 1 is 1.00 bits per heavy atom. The maximum Gasteiger partial charge on any atom is 0 e. The van der Waals surface area contributed by atoms with Crippen LogP contribution in [0.1, 0.15) is 0 Å². The van der Waals surface area contributed by atoms with Crippen LogP contribution in [0.5, 0.6) is 0 Å². The molecule has 0 amide bonds. The van der Waals surface area contributed by atoms with Crippen molar-refractivity contribution < 1.29 is 38.7 Å². The van der Waals surface area contributed by atoms with Crippen LogP contribution in [0.4, 0.5) is 0 Å². The number of phosphoric acid groups is 1. The van der Waals surface area contributed by atoms with Gasteiger partial charge in [0.05, 0.1) is 0 Å².